The molecular formula is C17H15N5O3. The van der Waals surface area contributed by atoms with Crippen LogP contribution in [-0.2, 0) is 0 Å². The smallest absolute Gasteiger partial charge is 0.170 e. The van der Waals surface area contributed by atoms with E-state index in [9.17, 15) is 0 Å². The SMILES string of the molecule is N/C(=N\O)c1ccc(-c2cc(-c3ccc(/C(N)=N/O)cc3)on2)cc1. The number of amidine groups is 2. The highest BCUT2D eigenvalue weighted by Crippen LogP contribution is 2.26. The molecule has 3 rings (SSSR count). The van der Waals surface area contributed by atoms with Gasteiger partial charge in [-0.25, -0.2) is 0 Å². The molecule has 3 aromatic rings. The molecule has 8 heteroatoms. The summed E-state index contributed by atoms with van der Waals surface area (Å²) in [6, 6.07) is 15.9. The zero-order valence-electron chi connectivity index (χ0n) is 13.0. The van der Waals surface area contributed by atoms with Crippen LogP contribution in [0.15, 0.2) is 69.4 Å². The fourth-order valence-corrected chi connectivity index (χ4v) is 2.28. The molecule has 0 spiro atoms. The molecule has 0 radical (unpaired) electrons. The van der Waals surface area contributed by atoms with Crippen LogP contribution in [0.25, 0.3) is 22.6 Å². The van der Waals surface area contributed by atoms with E-state index in [1.807, 2.05) is 0 Å². The second-order valence-corrected chi connectivity index (χ2v) is 5.20. The molecule has 1 aromatic heterocycles. The lowest BCUT2D eigenvalue weighted by molar-refractivity contribution is 0.318. The molecular weight excluding hydrogens is 322 g/mol. The van der Waals surface area contributed by atoms with Gasteiger partial charge in [0, 0.05) is 28.3 Å². The van der Waals surface area contributed by atoms with Crippen LogP contribution in [0.5, 0.6) is 0 Å². The lowest BCUT2D eigenvalue weighted by atomic mass is 10.1. The van der Waals surface area contributed by atoms with Crippen molar-refractivity contribution in [2.75, 3.05) is 0 Å². The summed E-state index contributed by atoms with van der Waals surface area (Å²) in [5.74, 6) is 0.662. The number of nitrogens with zero attached hydrogens (tertiary/aromatic N) is 3. The third-order valence-electron chi connectivity index (χ3n) is 3.67. The fourth-order valence-electron chi connectivity index (χ4n) is 2.28. The molecule has 2 aromatic carbocycles. The predicted molar refractivity (Wildman–Crippen MR) is 92.4 cm³/mol. The molecule has 0 bridgehead atoms. The van der Waals surface area contributed by atoms with E-state index in [0.29, 0.717) is 22.6 Å². The quantitative estimate of drug-likeness (QED) is 0.249. The summed E-state index contributed by atoms with van der Waals surface area (Å²) in [6.45, 7) is 0. The third kappa shape index (κ3) is 3.27. The van der Waals surface area contributed by atoms with Crippen LogP contribution in [0.4, 0.5) is 0 Å². The first-order valence-electron chi connectivity index (χ1n) is 7.25. The Bertz CT molecular complexity index is 852. The Balaban J connectivity index is 1.85. The monoisotopic (exact) mass is 337 g/mol. The van der Waals surface area contributed by atoms with Crippen LogP contribution in [0.2, 0.25) is 0 Å². The van der Waals surface area contributed by atoms with Gasteiger partial charge >= 0.3 is 0 Å². The molecule has 0 amide bonds. The average molecular weight is 337 g/mol. The van der Waals surface area contributed by atoms with Gasteiger partial charge in [-0.1, -0.05) is 64.0 Å². The Kier molecular flexibility index (Phi) is 4.34. The Hall–Kier alpha value is -3.81. The number of hydrogen-bond acceptors (Lipinski definition) is 6. The molecule has 0 fully saturated rings. The number of hydrogen-bond donors (Lipinski definition) is 4. The Morgan fingerprint density at radius 2 is 1.28 bits per heavy atom. The van der Waals surface area contributed by atoms with Crippen molar-refractivity contribution in [3.63, 3.8) is 0 Å². The normalized spacial score (nSPS) is 12.3. The number of oxime groups is 2. The van der Waals surface area contributed by atoms with E-state index in [-0.39, 0.29) is 11.7 Å². The maximum absolute atomic E-state index is 8.68. The zero-order chi connectivity index (χ0) is 17.8. The van der Waals surface area contributed by atoms with Crippen molar-refractivity contribution in [2.45, 2.75) is 0 Å². The van der Waals surface area contributed by atoms with E-state index in [1.165, 1.54) is 0 Å². The highest BCUT2D eigenvalue weighted by atomic mass is 16.5. The largest absolute Gasteiger partial charge is 0.409 e. The summed E-state index contributed by atoms with van der Waals surface area (Å²) >= 11 is 0. The number of aromatic nitrogens is 1. The first kappa shape index (κ1) is 16.1. The second-order valence-electron chi connectivity index (χ2n) is 5.20. The Morgan fingerprint density at radius 3 is 1.76 bits per heavy atom. The van der Waals surface area contributed by atoms with E-state index in [1.54, 1.807) is 54.6 Å². The van der Waals surface area contributed by atoms with Gasteiger partial charge in [0.15, 0.2) is 17.4 Å². The Morgan fingerprint density at radius 1 is 0.800 bits per heavy atom. The van der Waals surface area contributed by atoms with Gasteiger partial charge in [-0.05, 0) is 0 Å². The first-order valence-corrected chi connectivity index (χ1v) is 7.25. The van der Waals surface area contributed by atoms with Crippen molar-refractivity contribution >= 4 is 11.7 Å². The minimum Gasteiger partial charge on any atom is -0.409 e. The lowest BCUT2D eigenvalue weighted by Crippen LogP contribution is -2.12. The number of rotatable bonds is 4. The lowest BCUT2D eigenvalue weighted by Gasteiger charge is -2.00. The predicted octanol–water partition coefficient (Wildman–Crippen LogP) is 2.20. The van der Waals surface area contributed by atoms with Gasteiger partial charge in [0.1, 0.15) is 5.69 Å². The van der Waals surface area contributed by atoms with Gasteiger partial charge in [0.25, 0.3) is 0 Å². The van der Waals surface area contributed by atoms with Gasteiger partial charge in [0.2, 0.25) is 0 Å². The molecule has 0 aliphatic heterocycles. The first-order chi connectivity index (χ1) is 12.1. The summed E-state index contributed by atoms with van der Waals surface area (Å²) < 4.78 is 5.38. The van der Waals surface area contributed by atoms with Crippen molar-refractivity contribution in [3.8, 4) is 22.6 Å². The fraction of sp³-hybridized carbons (Fsp3) is 0. The highest BCUT2D eigenvalue weighted by molar-refractivity contribution is 5.98. The van der Waals surface area contributed by atoms with Crippen LogP contribution in [0.1, 0.15) is 11.1 Å². The van der Waals surface area contributed by atoms with E-state index in [0.717, 1.165) is 11.1 Å². The molecule has 25 heavy (non-hydrogen) atoms. The minimum atomic E-state index is 0.0376. The van der Waals surface area contributed by atoms with Crippen LogP contribution >= 0.6 is 0 Å². The summed E-state index contributed by atoms with van der Waals surface area (Å²) in [5.41, 5.74) is 14.6. The summed E-state index contributed by atoms with van der Waals surface area (Å²) in [4.78, 5) is 0. The van der Waals surface area contributed by atoms with E-state index in [2.05, 4.69) is 15.5 Å². The maximum atomic E-state index is 8.68. The summed E-state index contributed by atoms with van der Waals surface area (Å²) in [5, 5.41) is 27.3. The van der Waals surface area contributed by atoms with Crippen molar-refractivity contribution in [1.29, 1.82) is 0 Å². The highest BCUT2D eigenvalue weighted by Gasteiger charge is 2.10. The molecule has 8 nitrogen and oxygen atoms in total. The standard InChI is InChI=1S/C17H15N5O3/c18-16(20-23)12-5-1-10(2-6-12)14-9-15(25-22-14)11-3-7-13(8-4-11)17(19)21-24/h1-9,23-24H,(H2,18,20)(H2,19,21). The molecule has 0 aliphatic carbocycles. The topological polar surface area (TPSA) is 143 Å². The van der Waals surface area contributed by atoms with Crippen LogP contribution < -0.4 is 11.5 Å². The van der Waals surface area contributed by atoms with Crippen molar-refractivity contribution in [1.82, 2.24) is 5.16 Å². The third-order valence-corrected chi connectivity index (χ3v) is 3.67. The molecule has 0 unspecified atom stereocenters. The van der Waals surface area contributed by atoms with Gasteiger partial charge in [-0.3, -0.25) is 0 Å². The van der Waals surface area contributed by atoms with Crippen molar-refractivity contribution < 1.29 is 14.9 Å². The molecule has 0 saturated heterocycles. The van der Waals surface area contributed by atoms with Gasteiger partial charge in [-0.2, -0.15) is 0 Å². The number of nitrogens with two attached hydrogens (primary N) is 2. The van der Waals surface area contributed by atoms with Crippen LogP contribution in [0.3, 0.4) is 0 Å². The van der Waals surface area contributed by atoms with Crippen molar-refractivity contribution in [3.05, 3.63) is 65.7 Å². The summed E-state index contributed by atoms with van der Waals surface area (Å²) in [7, 11) is 0. The average Bonchev–Trinajstić information content (AvgIpc) is 3.17. The molecule has 0 aliphatic rings. The molecule has 1 heterocycles. The number of benzene rings is 2. The minimum absolute atomic E-state index is 0.0376. The maximum Gasteiger partial charge on any atom is 0.170 e. The van der Waals surface area contributed by atoms with Gasteiger partial charge in [-0.15, -0.1) is 0 Å². The molecule has 126 valence electrons. The van der Waals surface area contributed by atoms with E-state index >= 15 is 0 Å². The van der Waals surface area contributed by atoms with Crippen LogP contribution in [0, 0.1) is 0 Å². The molecule has 6 N–H and O–H groups in total. The van der Waals surface area contributed by atoms with Crippen LogP contribution in [-0.4, -0.2) is 27.2 Å². The summed E-state index contributed by atoms with van der Waals surface area (Å²) in [6.07, 6.45) is 0. The van der Waals surface area contributed by atoms with Gasteiger partial charge < -0.3 is 26.4 Å². The van der Waals surface area contributed by atoms with Crippen molar-refractivity contribution in [2.24, 2.45) is 21.8 Å². The van der Waals surface area contributed by atoms with Gasteiger partial charge in [0.05, 0.1) is 0 Å². The molecule has 0 atom stereocenters. The Labute approximate surface area is 142 Å². The zero-order valence-corrected chi connectivity index (χ0v) is 13.0. The van der Waals surface area contributed by atoms with E-state index in [4.69, 9.17) is 26.4 Å². The molecule has 0 saturated carbocycles. The second kappa shape index (κ2) is 6.75. The van der Waals surface area contributed by atoms with E-state index < -0.39 is 0 Å².